The molecule has 1 atom stereocenters. The van der Waals surface area contributed by atoms with E-state index in [4.69, 9.17) is 14.8 Å². The normalized spacial score (nSPS) is 12.0. The van der Waals surface area contributed by atoms with Gasteiger partial charge in [0, 0.05) is 5.56 Å². The van der Waals surface area contributed by atoms with E-state index in [-0.39, 0.29) is 11.6 Å². The van der Waals surface area contributed by atoms with Gasteiger partial charge in [0.25, 0.3) is 0 Å². The van der Waals surface area contributed by atoms with Crippen molar-refractivity contribution in [1.82, 2.24) is 0 Å². The lowest BCUT2D eigenvalue weighted by atomic mass is 9.79. The third-order valence-corrected chi connectivity index (χ3v) is 2.30. The van der Waals surface area contributed by atoms with Gasteiger partial charge in [-0.3, -0.25) is 4.79 Å². The standard InChI is InChI=1S/C11H15BO4/c1-3-8(2)16-11-5-9(7-13)4-10(6-11)12(14)15/h4-8,14-15H,3H2,1-2H3. The lowest BCUT2D eigenvalue weighted by Gasteiger charge is -2.14. The zero-order valence-corrected chi connectivity index (χ0v) is 9.38. The van der Waals surface area contributed by atoms with Crippen LogP contribution in [0.1, 0.15) is 30.6 Å². The first-order valence-corrected chi connectivity index (χ1v) is 5.19. The number of carbonyl (C=O) groups is 1. The fraction of sp³-hybridized carbons (Fsp3) is 0.364. The Hall–Kier alpha value is -1.33. The summed E-state index contributed by atoms with van der Waals surface area (Å²) >= 11 is 0. The predicted octanol–water partition coefficient (Wildman–Crippen LogP) is 0.356. The fourth-order valence-corrected chi connectivity index (χ4v) is 1.25. The largest absolute Gasteiger partial charge is 0.491 e. The first-order chi connectivity index (χ1) is 7.56. The van der Waals surface area contributed by atoms with E-state index >= 15 is 0 Å². The summed E-state index contributed by atoms with van der Waals surface area (Å²) in [5.41, 5.74) is 0.617. The Labute approximate surface area is 95.0 Å². The van der Waals surface area contributed by atoms with E-state index in [0.717, 1.165) is 6.42 Å². The van der Waals surface area contributed by atoms with E-state index in [2.05, 4.69) is 0 Å². The molecule has 0 aliphatic heterocycles. The maximum atomic E-state index is 10.7. The molecule has 86 valence electrons. The highest BCUT2D eigenvalue weighted by Gasteiger charge is 2.14. The summed E-state index contributed by atoms with van der Waals surface area (Å²) in [6.45, 7) is 3.89. The number of rotatable bonds is 5. The van der Waals surface area contributed by atoms with Crippen LogP contribution in [0.15, 0.2) is 18.2 Å². The van der Waals surface area contributed by atoms with Crippen LogP contribution in [0.4, 0.5) is 0 Å². The maximum absolute atomic E-state index is 10.7. The van der Waals surface area contributed by atoms with Crippen molar-refractivity contribution in [3.63, 3.8) is 0 Å². The average molecular weight is 222 g/mol. The minimum atomic E-state index is -1.60. The van der Waals surface area contributed by atoms with Crippen molar-refractivity contribution in [1.29, 1.82) is 0 Å². The number of hydrogen-bond donors (Lipinski definition) is 2. The highest BCUT2D eigenvalue weighted by atomic mass is 16.5. The highest BCUT2D eigenvalue weighted by molar-refractivity contribution is 6.58. The quantitative estimate of drug-likeness (QED) is 0.557. The molecule has 2 N–H and O–H groups in total. The first kappa shape index (κ1) is 12.7. The molecular weight excluding hydrogens is 207 g/mol. The van der Waals surface area contributed by atoms with Crippen LogP contribution in [0.3, 0.4) is 0 Å². The lowest BCUT2D eigenvalue weighted by Crippen LogP contribution is -2.30. The molecule has 0 amide bonds. The van der Waals surface area contributed by atoms with Gasteiger partial charge in [0.05, 0.1) is 6.10 Å². The van der Waals surface area contributed by atoms with Gasteiger partial charge in [-0.1, -0.05) is 13.0 Å². The molecule has 0 aromatic heterocycles. The Balaban J connectivity index is 2.99. The fourth-order valence-electron chi connectivity index (χ4n) is 1.25. The summed E-state index contributed by atoms with van der Waals surface area (Å²) in [5, 5.41) is 18.1. The first-order valence-electron chi connectivity index (χ1n) is 5.19. The van der Waals surface area contributed by atoms with E-state index < -0.39 is 7.12 Å². The zero-order chi connectivity index (χ0) is 12.1. The van der Waals surface area contributed by atoms with Crippen molar-refractivity contribution < 1.29 is 19.6 Å². The van der Waals surface area contributed by atoms with Crippen molar-refractivity contribution in [2.75, 3.05) is 0 Å². The van der Waals surface area contributed by atoms with Gasteiger partial charge in [0.15, 0.2) is 0 Å². The minimum Gasteiger partial charge on any atom is -0.491 e. The molecule has 0 bridgehead atoms. The van der Waals surface area contributed by atoms with E-state index in [1.54, 1.807) is 6.07 Å². The third kappa shape index (κ3) is 3.36. The second-order valence-corrected chi connectivity index (χ2v) is 3.66. The molecule has 0 saturated carbocycles. The highest BCUT2D eigenvalue weighted by Crippen LogP contribution is 2.14. The molecule has 1 rings (SSSR count). The molecule has 0 fully saturated rings. The molecule has 1 aromatic rings. The summed E-state index contributed by atoms with van der Waals surface area (Å²) < 4.78 is 5.52. The molecule has 1 unspecified atom stereocenters. The molecular formula is C11H15BO4. The van der Waals surface area contributed by atoms with E-state index in [1.807, 2.05) is 13.8 Å². The van der Waals surface area contributed by atoms with Crippen LogP contribution >= 0.6 is 0 Å². The summed E-state index contributed by atoms with van der Waals surface area (Å²) in [6, 6.07) is 4.51. The van der Waals surface area contributed by atoms with Gasteiger partial charge in [-0.15, -0.1) is 0 Å². The molecule has 16 heavy (non-hydrogen) atoms. The Morgan fingerprint density at radius 1 is 1.44 bits per heavy atom. The predicted molar refractivity (Wildman–Crippen MR) is 62.0 cm³/mol. The summed E-state index contributed by atoms with van der Waals surface area (Å²) in [4.78, 5) is 10.7. The Kier molecular flexibility index (Phi) is 4.52. The lowest BCUT2D eigenvalue weighted by molar-refractivity contribution is 0.112. The van der Waals surface area contributed by atoms with Crippen LogP contribution in [0.25, 0.3) is 0 Å². The summed E-state index contributed by atoms with van der Waals surface area (Å²) in [6.07, 6.45) is 1.50. The monoisotopic (exact) mass is 222 g/mol. The Morgan fingerprint density at radius 3 is 2.62 bits per heavy atom. The van der Waals surface area contributed by atoms with Crippen molar-refractivity contribution in [2.24, 2.45) is 0 Å². The van der Waals surface area contributed by atoms with Gasteiger partial charge in [-0.05, 0) is 30.9 Å². The van der Waals surface area contributed by atoms with Crippen LogP contribution in [0, 0.1) is 0 Å². The van der Waals surface area contributed by atoms with Crippen molar-refractivity contribution in [3.8, 4) is 5.75 Å². The maximum Gasteiger partial charge on any atom is 0.488 e. The average Bonchev–Trinajstić information content (AvgIpc) is 2.28. The second kappa shape index (κ2) is 5.68. The summed E-state index contributed by atoms with van der Waals surface area (Å²) in [7, 11) is -1.60. The molecule has 5 heteroatoms. The van der Waals surface area contributed by atoms with Crippen LogP contribution in [-0.4, -0.2) is 29.6 Å². The van der Waals surface area contributed by atoms with Gasteiger partial charge in [0.1, 0.15) is 12.0 Å². The van der Waals surface area contributed by atoms with Crippen LogP contribution in [-0.2, 0) is 0 Å². The summed E-state index contributed by atoms with van der Waals surface area (Å²) in [5.74, 6) is 0.474. The SMILES string of the molecule is CCC(C)Oc1cc(C=O)cc(B(O)O)c1. The van der Waals surface area contributed by atoms with E-state index in [0.29, 0.717) is 17.6 Å². The molecule has 1 aromatic carbocycles. The second-order valence-electron chi connectivity index (χ2n) is 3.66. The third-order valence-electron chi connectivity index (χ3n) is 2.30. The number of hydrogen-bond acceptors (Lipinski definition) is 4. The molecule has 0 saturated heterocycles. The minimum absolute atomic E-state index is 0.0191. The van der Waals surface area contributed by atoms with Gasteiger partial charge in [-0.2, -0.15) is 0 Å². The number of carbonyl (C=O) groups excluding carboxylic acids is 1. The molecule has 0 heterocycles. The van der Waals surface area contributed by atoms with Gasteiger partial charge in [-0.25, -0.2) is 0 Å². The Bertz CT molecular complexity index is 365. The topological polar surface area (TPSA) is 66.8 Å². The zero-order valence-electron chi connectivity index (χ0n) is 9.38. The molecule has 0 radical (unpaired) electrons. The van der Waals surface area contributed by atoms with Crippen molar-refractivity contribution in [2.45, 2.75) is 26.4 Å². The van der Waals surface area contributed by atoms with Crippen molar-refractivity contribution in [3.05, 3.63) is 23.8 Å². The molecule has 0 aliphatic rings. The smallest absolute Gasteiger partial charge is 0.488 e. The van der Waals surface area contributed by atoms with E-state index in [1.165, 1.54) is 12.1 Å². The van der Waals surface area contributed by atoms with Gasteiger partial charge >= 0.3 is 7.12 Å². The van der Waals surface area contributed by atoms with Gasteiger partial charge < -0.3 is 14.8 Å². The molecule has 0 aliphatic carbocycles. The Morgan fingerprint density at radius 2 is 2.12 bits per heavy atom. The molecule has 4 nitrogen and oxygen atoms in total. The number of benzene rings is 1. The van der Waals surface area contributed by atoms with Crippen LogP contribution in [0.2, 0.25) is 0 Å². The van der Waals surface area contributed by atoms with Crippen LogP contribution in [0.5, 0.6) is 5.75 Å². The number of aldehydes is 1. The van der Waals surface area contributed by atoms with Crippen molar-refractivity contribution >= 4 is 18.9 Å². The van der Waals surface area contributed by atoms with E-state index in [9.17, 15) is 4.79 Å². The van der Waals surface area contributed by atoms with Gasteiger partial charge in [0.2, 0.25) is 0 Å². The number of ether oxygens (including phenoxy) is 1. The molecule has 0 spiro atoms. The van der Waals surface area contributed by atoms with Crippen LogP contribution < -0.4 is 10.2 Å².